The van der Waals surface area contributed by atoms with Crippen molar-refractivity contribution in [2.24, 2.45) is 5.41 Å². The van der Waals surface area contributed by atoms with E-state index in [-0.39, 0.29) is 24.4 Å². The highest BCUT2D eigenvalue weighted by atomic mass is 32.2. The standard InChI is InChI=1S/C19H25FN4O5S/c1-4-19(12(3)10-22-17(19)26)9-15(23-11-25)13-6-7-14(20)16(8-13)30(28,29)24-18(27)21-5-2/h6-8,10-11,15H,4-5,9H2,1-3H3,(H,22,26)(H,23,25)(H2,21,24,27). The molecule has 1 aromatic rings. The van der Waals surface area contributed by atoms with Crippen LogP contribution in [0.4, 0.5) is 9.18 Å². The minimum Gasteiger partial charge on any atom is -0.352 e. The predicted octanol–water partition coefficient (Wildman–Crippen LogP) is 1.44. The molecule has 0 aromatic heterocycles. The molecule has 0 fully saturated rings. The predicted molar refractivity (Wildman–Crippen MR) is 107 cm³/mol. The monoisotopic (exact) mass is 440 g/mol. The van der Waals surface area contributed by atoms with E-state index in [1.165, 1.54) is 6.07 Å². The van der Waals surface area contributed by atoms with Gasteiger partial charge in [-0.3, -0.25) is 9.59 Å². The van der Waals surface area contributed by atoms with E-state index in [0.29, 0.717) is 12.8 Å². The van der Waals surface area contributed by atoms with Crippen LogP contribution >= 0.6 is 0 Å². The lowest BCUT2D eigenvalue weighted by Crippen LogP contribution is -2.39. The molecule has 1 aliphatic rings. The van der Waals surface area contributed by atoms with Crippen molar-refractivity contribution in [1.29, 1.82) is 0 Å². The maximum absolute atomic E-state index is 14.3. The highest BCUT2D eigenvalue weighted by Gasteiger charge is 2.43. The molecule has 1 heterocycles. The number of carbonyl (C=O) groups is 3. The Morgan fingerprint density at radius 2 is 2.03 bits per heavy atom. The Labute approximate surface area is 174 Å². The van der Waals surface area contributed by atoms with Crippen LogP contribution in [0.5, 0.6) is 0 Å². The molecule has 0 aliphatic carbocycles. The second-order valence-electron chi connectivity index (χ2n) is 6.93. The number of halogens is 1. The van der Waals surface area contributed by atoms with Crippen LogP contribution in [0.2, 0.25) is 0 Å². The van der Waals surface area contributed by atoms with Gasteiger partial charge in [0.05, 0.1) is 11.5 Å². The van der Waals surface area contributed by atoms with E-state index < -0.39 is 38.2 Å². The third kappa shape index (κ3) is 4.61. The Morgan fingerprint density at radius 1 is 1.33 bits per heavy atom. The molecule has 2 rings (SSSR count). The highest BCUT2D eigenvalue weighted by Crippen LogP contribution is 2.42. The van der Waals surface area contributed by atoms with Gasteiger partial charge in [0.2, 0.25) is 12.3 Å². The molecule has 0 saturated carbocycles. The SMILES string of the molecule is CCNC(=O)NS(=O)(=O)c1cc(C(CC2(CC)C(=O)NC=C2C)NC=O)ccc1F. The number of amides is 4. The lowest BCUT2D eigenvalue weighted by Gasteiger charge is -2.31. The van der Waals surface area contributed by atoms with Gasteiger partial charge in [-0.05, 0) is 50.0 Å². The van der Waals surface area contributed by atoms with E-state index in [0.717, 1.165) is 17.7 Å². The molecule has 30 heavy (non-hydrogen) atoms. The van der Waals surface area contributed by atoms with E-state index in [1.807, 2.05) is 6.92 Å². The van der Waals surface area contributed by atoms with E-state index in [1.54, 1.807) is 24.8 Å². The minimum atomic E-state index is -4.50. The van der Waals surface area contributed by atoms with Gasteiger partial charge in [-0.25, -0.2) is 22.3 Å². The van der Waals surface area contributed by atoms with Crippen LogP contribution in [-0.2, 0) is 19.6 Å². The molecular weight excluding hydrogens is 415 g/mol. The lowest BCUT2D eigenvalue weighted by atomic mass is 9.73. The maximum Gasteiger partial charge on any atom is 0.328 e. The van der Waals surface area contributed by atoms with Crippen molar-refractivity contribution in [3.63, 3.8) is 0 Å². The van der Waals surface area contributed by atoms with Crippen molar-refractivity contribution >= 4 is 28.4 Å². The molecule has 1 aromatic carbocycles. The molecule has 2 unspecified atom stereocenters. The molecule has 2 atom stereocenters. The zero-order chi connectivity index (χ0) is 22.5. The fraction of sp³-hybridized carbons (Fsp3) is 0.421. The van der Waals surface area contributed by atoms with Gasteiger partial charge in [0.1, 0.15) is 10.7 Å². The summed E-state index contributed by atoms with van der Waals surface area (Å²) < 4.78 is 41.0. The fourth-order valence-electron chi connectivity index (χ4n) is 3.49. The molecule has 4 amide bonds. The quantitative estimate of drug-likeness (QED) is 0.431. The van der Waals surface area contributed by atoms with Crippen LogP contribution in [0.25, 0.3) is 0 Å². The van der Waals surface area contributed by atoms with Gasteiger partial charge >= 0.3 is 6.03 Å². The van der Waals surface area contributed by atoms with E-state index in [2.05, 4.69) is 16.0 Å². The molecule has 11 heteroatoms. The van der Waals surface area contributed by atoms with Crippen molar-refractivity contribution in [3.8, 4) is 0 Å². The number of hydrogen-bond acceptors (Lipinski definition) is 5. The zero-order valence-corrected chi connectivity index (χ0v) is 17.7. The Kier molecular flexibility index (Phi) is 7.19. The molecule has 0 saturated heterocycles. The Balaban J connectivity index is 2.44. The summed E-state index contributed by atoms with van der Waals surface area (Å²) in [6.45, 7) is 5.40. The summed E-state index contributed by atoms with van der Waals surface area (Å²) in [5, 5.41) is 7.50. The van der Waals surface area contributed by atoms with Gasteiger partial charge < -0.3 is 16.0 Å². The molecule has 4 N–H and O–H groups in total. The number of rotatable bonds is 9. The van der Waals surface area contributed by atoms with Gasteiger partial charge in [0.15, 0.2) is 0 Å². The largest absolute Gasteiger partial charge is 0.352 e. The molecular formula is C19H25FN4O5S. The summed E-state index contributed by atoms with van der Waals surface area (Å²) in [5.41, 5.74) is 0.161. The summed E-state index contributed by atoms with van der Waals surface area (Å²) in [6, 6.07) is 1.56. The summed E-state index contributed by atoms with van der Waals surface area (Å²) in [6.07, 6.45) is 2.62. The van der Waals surface area contributed by atoms with Crippen molar-refractivity contribution < 1.29 is 27.2 Å². The lowest BCUT2D eigenvalue weighted by molar-refractivity contribution is -0.128. The van der Waals surface area contributed by atoms with Gasteiger partial charge in [0.25, 0.3) is 10.0 Å². The van der Waals surface area contributed by atoms with Crippen LogP contribution in [0.15, 0.2) is 34.9 Å². The van der Waals surface area contributed by atoms with Crippen molar-refractivity contribution in [1.82, 2.24) is 20.7 Å². The smallest absolute Gasteiger partial charge is 0.328 e. The minimum absolute atomic E-state index is 0.144. The van der Waals surface area contributed by atoms with Crippen LogP contribution in [0.1, 0.15) is 45.2 Å². The van der Waals surface area contributed by atoms with E-state index >= 15 is 0 Å². The number of benzene rings is 1. The number of sulfonamides is 1. The average molecular weight is 440 g/mol. The molecule has 0 bridgehead atoms. The normalized spacial score (nSPS) is 19.5. The average Bonchev–Trinajstić information content (AvgIpc) is 2.96. The van der Waals surface area contributed by atoms with Crippen LogP contribution in [-0.4, -0.2) is 33.3 Å². The molecule has 1 aliphatic heterocycles. The topological polar surface area (TPSA) is 133 Å². The molecule has 164 valence electrons. The first-order chi connectivity index (χ1) is 14.1. The molecule has 9 nitrogen and oxygen atoms in total. The van der Waals surface area contributed by atoms with E-state index in [4.69, 9.17) is 0 Å². The summed E-state index contributed by atoms with van der Waals surface area (Å²) in [7, 11) is -4.50. The van der Waals surface area contributed by atoms with Crippen molar-refractivity contribution in [3.05, 3.63) is 41.4 Å². The summed E-state index contributed by atoms with van der Waals surface area (Å²) in [4.78, 5) is 34.6. The van der Waals surface area contributed by atoms with Crippen LogP contribution in [0.3, 0.4) is 0 Å². The van der Waals surface area contributed by atoms with Crippen LogP contribution in [0, 0.1) is 11.2 Å². The summed E-state index contributed by atoms with van der Waals surface area (Å²) >= 11 is 0. The van der Waals surface area contributed by atoms with Gasteiger partial charge in [0, 0.05) is 12.7 Å². The van der Waals surface area contributed by atoms with Gasteiger partial charge in [-0.15, -0.1) is 0 Å². The van der Waals surface area contributed by atoms with Gasteiger partial charge in [-0.2, -0.15) is 0 Å². The second-order valence-corrected chi connectivity index (χ2v) is 8.58. The first-order valence-electron chi connectivity index (χ1n) is 9.39. The molecule has 0 radical (unpaired) electrons. The number of carbonyl (C=O) groups excluding carboxylic acids is 3. The Hall–Kier alpha value is -2.95. The van der Waals surface area contributed by atoms with Crippen molar-refractivity contribution in [2.45, 2.75) is 44.6 Å². The Bertz CT molecular complexity index is 979. The van der Waals surface area contributed by atoms with E-state index in [9.17, 15) is 27.2 Å². The maximum atomic E-state index is 14.3. The third-order valence-corrected chi connectivity index (χ3v) is 6.59. The van der Waals surface area contributed by atoms with Gasteiger partial charge in [-0.1, -0.05) is 13.0 Å². The van der Waals surface area contributed by atoms with Crippen molar-refractivity contribution in [2.75, 3.05) is 6.54 Å². The number of hydrogen-bond donors (Lipinski definition) is 4. The highest BCUT2D eigenvalue weighted by molar-refractivity contribution is 7.90. The number of urea groups is 1. The Morgan fingerprint density at radius 3 is 2.57 bits per heavy atom. The molecule has 0 spiro atoms. The van der Waals surface area contributed by atoms with Crippen LogP contribution < -0.4 is 20.7 Å². The second kappa shape index (κ2) is 9.24. The zero-order valence-electron chi connectivity index (χ0n) is 16.9. The third-order valence-electron chi connectivity index (χ3n) is 5.25. The first kappa shape index (κ1) is 23.3. The first-order valence-corrected chi connectivity index (χ1v) is 10.9. The summed E-state index contributed by atoms with van der Waals surface area (Å²) in [5.74, 6) is -1.28. The fourth-order valence-corrected chi connectivity index (χ4v) is 4.53. The number of nitrogens with one attached hydrogen (secondary N) is 4.